The number of nitrogens with one attached hydrogen (secondary N) is 1. The minimum atomic E-state index is -0.531. The van der Waals surface area contributed by atoms with Gasteiger partial charge in [0.1, 0.15) is 5.54 Å². The Kier molecular flexibility index (Phi) is 6.56. The lowest BCUT2D eigenvalue weighted by atomic mass is 9.88. The van der Waals surface area contributed by atoms with Gasteiger partial charge in [-0.3, -0.25) is 5.32 Å². The van der Waals surface area contributed by atoms with Gasteiger partial charge < -0.3 is 4.74 Å². The molecule has 1 fully saturated rings. The summed E-state index contributed by atoms with van der Waals surface area (Å²) in [4.78, 5) is 0. The van der Waals surface area contributed by atoms with Crippen molar-refractivity contribution in [2.24, 2.45) is 0 Å². The van der Waals surface area contributed by atoms with Crippen LogP contribution < -0.4 is 5.32 Å². The molecular weight excluding hydrogens is 280 g/mol. The summed E-state index contributed by atoms with van der Waals surface area (Å²) >= 11 is 1.91. The van der Waals surface area contributed by atoms with Crippen LogP contribution in [0.2, 0.25) is 0 Å². The lowest BCUT2D eigenvalue weighted by Crippen LogP contribution is -2.43. The van der Waals surface area contributed by atoms with Crippen molar-refractivity contribution in [1.82, 2.24) is 5.32 Å². The first-order chi connectivity index (χ1) is 10.3. The zero-order valence-electron chi connectivity index (χ0n) is 12.7. The highest BCUT2D eigenvalue weighted by molar-refractivity contribution is 7.99. The molecule has 0 amide bonds. The molecule has 4 heteroatoms. The summed E-state index contributed by atoms with van der Waals surface area (Å²) in [5.41, 5.74) is 0.563. The van der Waals surface area contributed by atoms with Crippen LogP contribution in [0.1, 0.15) is 31.2 Å². The number of ether oxygens (including phenoxy) is 1. The highest BCUT2D eigenvalue weighted by atomic mass is 32.2. The molecule has 0 bridgehead atoms. The molecule has 0 aliphatic heterocycles. The van der Waals surface area contributed by atoms with Crippen LogP contribution in [0.25, 0.3) is 0 Å². The van der Waals surface area contributed by atoms with Gasteiger partial charge in [-0.05, 0) is 42.8 Å². The Morgan fingerprint density at radius 1 is 1.33 bits per heavy atom. The largest absolute Gasteiger partial charge is 0.385 e. The maximum atomic E-state index is 9.81. The van der Waals surface area contributed by atoms with Crippen LogP contribution in [-0.4, -0.2) is 31.3 Å². The molecule has 1 unspecified atom stereocenters. The van der Waals surface area contributed by atoms with Crippen molar-refractivity contribution in [3.63, 3.8) is 0 Å². The minimum Gasteiger partial charge on any atom is -0.385 e. The Morgan fingerprint density at radius 2 is 2.10 bits per heavy atom. The maximum Gasteiger partial charge on any atom is 0.133 e. The summed E-state index contributed by atoms with van der Waals surface area (Å²) in [6.45, 7) is 0.815. The Bertz CT molecular complexity index is 456. The van der Waals surface area contributed by atoms with Gasteiger partial charge in [-0.15, -0.1) is 0 Å². The fraction of sp³-hybridized carbons (Fsp3) is 0.588. The Hall–Kier alpha value is -1.02. The molecule has 1 saturated carbocycles. The number of nitrogens with zero attached hydrogens (tertiary/aromatic N) is 1. The third-order valence-electron chi connectivity index (χ3n) is 3.74. The van der Waals surface area contributed by atoms with Crippen molar-refractivity contribution in [2.75, 3.05) is 25.2 Å². The molecule has 3 nitrogen and oxygen atoms in total. The normalized spacial score (nSPS) is 17.1. The van der Waals surface area contributed by atoms with Crippen molar-refractivity contribution in [2.45, 2.75) is 37.3 Å². The third kappa shape index (κ3) is 5.03. The molecule has 2 rings (SSSR count). The topological polar surface area (TPSA) is 45.0 Å². The lowest BCUT2D eigenvalue weighted by molar-refractivity contribution is 0.200. The molecule has 0 heterocycles. The quantitative estimate of drug-likeness (QED) is 0.674. The van der Waals surface area contributed by atoms with E-state index in [1.807, 2.05) is 30.0 Å². The predicted octanol–water partition coefficient (Wildman–Crippen LogP) is 3.32. The fourth-order valence-electron chi connectivity index (χ4n) is 2.38. The highest BCUT2D eigenvalue weighted by Crippen LogP contribution is 2.32. The first kappa shape index (κ1) is 16.4. The summed E-state index contributed by atoms with van der Waals surface area (Å²) < 4.78 is 5.06. The summed E-state index contributed by atoms with van der Waals surface area (Å²) in [5.74, 6) is 2.08. The molecule has 1 aromatic rings. The lowest BCUT2D eigenvalue weighted by Gasteiger charge is -2.28. The smallest absolute Gasteiger partial charge is 0.133 e. The van der Waals surface area contributed by atoms with Gasteiger partial charge in [-0.2, -0.15) is 17.0 Å². The first-order valence-electron chi connectivity index (χ1n) is 7.62. The van der Waals surface area contributed by atoms with Gasteiger partial charge in [0.2, 0.25) is 0 Å². The molecule has 1 aromatic carbocycles. The molecule has 1 atom stereocenters. The van der Waals surface area contributed by atoms with Crippen LogP contribution in [-0.2, 0) is 10.3 Å². The number of rotatable bonds is 10. The highest BCUT2D eigenvalue weighted by Gasteiger charge is 2.37. The Morgan fingerprint density at radius 3 is 2.71 bits per heavy atom. The van der Waals surface area contributed by atoms with Gasteiger partial charge in [0.15, 0.2) is 0 Å². The second kappa shape index (κ2) is 8.43. The average molecular weight is 304 g/mol. The van der Waals surface area contributed by atoms with E-state index < -0.39 is 5.54 Å². The number of thioether (sulfide) groups is 1. The molecule has 114 valence electrons. The molecule has 1 aliphatic rings. The molecule has 1 aliphatic carbocycles. The summed E-state index contributed by atoms with van der Waals surface area (Å²) in [6, 6.07) is 13.2. The fourth-order valence-corrected chi connectivity index (χ4v) is 3.36. The number of nitriles is 1. The van der Waals surface area contributed by atoms with Gasteiger partial charge in [0, 0.05) is 19.8 Å². The molecule has 0 saturated heterocycles. The number of hydrogen-bond donors (Lipinski definition) is 1. The number of hydrogen-bond acceptors (Lipinski definition) is 4. The molecule has 0 aromatic heterocycles. The summed E-state index contributed by atoms with van der Waals surface area (Å²) in [7, 11) is 1.74. The summed E-state index contributed by atoms with van der Waals surface area (Å²) in [5, 5.41) is 13.4. The van der Waals surface area contributed by atoms with E-state index in [4.69, 9.17) is 4.74 Å². The second-order valence-corrected chi connectivity index (χ2v) is 6.74. The van der Waals surface area contributed by atoms with E-state index in [-0.39, 0.29) is 0 Å². The van der Waals surface area contributed by atoms with Gasteiger partial charge in [-0.1, -0.05) is 30.3 Å². The first-order valence-corrected chi connectivity index (χ1v) is 8.77. The van der Waals surface area contributed by atoms with Crippen molar-refractivity contribution in [1.29, 1.82) is 5.26 Å². The van der Waals surface area contributed by atoms with E-state index in [1.165, 1.54) is 12.8 Å². The van der Waals surface area contributed by atoms with E-state index in [0.29, 0.717) is 6.04 Å². The number of methoxy groups -OCH3 is 1. The van der Waals surface area contributed by atoms with Crippen LogP contribution in [0.3, 0.4) is 0 Å². The predicted molar refractivity (Wildman–Crippen MR) is 88.3 cm³/mol. The summed E-state index contributed by atoms with van der Waals surface area (Å²) in [6.07, 6.45) is 4.30. The SMILES string of the molecule is COCCCSCCC(C#N)(NC1CC1)c1ccccc1. The molecular formula is C17H24N2OS. The molecule has 1 N–H and O–H groups in total. The van der Waals surface area contributed by atoms with E-state index in [0.717, 1.165) is 36.5 Å². The van der Waals surface area contributed by atoms with E-state index in [1.54, 1.807) is 7.11 Å². The van der Waals surface area contributed by atoms with Gasteiger partial charge in [0.05, 0.1) is 6.07 Å². The molecule has 0 radical (unpaired) electrons. The van der Waals surface area contributed by atoms with Crippen molar-refractivity contribution < 1.29 is 4.74 Å². The van der Waals surface area contributed by atoms with Gasteiger partial charge in [-0.25, -0.2) is 0 Å². The van der Waals surface area contributed by atoms with Crippen molar-refractivity contribution in [3.05, 3.63) is 35.9 Å². The van der Waals surface area contributed by atoms with Crippen LogP contribution >= 0.6 is 11.8 Å². The van der Waals surface area contributed by atoms with Crippen LogP contribution in [0, 0.1) is 11.3 Å². The minimum absolute atomic E-state index is 0.517. The van der Waals surface area contributed by atoms with Crippen LogP contribution in [0.4, 0.5) is 0 Å². The van der Waals surface area contributed by atoms with E-state index in [9.17, 15) is 5.26 Å². The van der Waals surface area contributed by atoms with Crippen LogP contribution in [0.15, 0.2) is 30.3 Å². The zero-order valence-corrected chi connectivity index (χ0v) is 13.5. The number of benzene rings is 1. The zero-order chi connectivity index (χ0) is 15.0. The second-order valence-electron chi connectivity index (χ2n) is 5.51. The maximum absolute atomic E-state index is 9.81. The standard InChI is InChI=1S/C17H24N2OS/c1-20-11-5-12-21-13-10-17(14-18,19-16-8-9-16)15-6-3-2-4-7-15/h2-4,6-7,16,19H,5,8-13H2,1H3. The van der Waals surface area contributed by atoms with Crippen molar-refractivity contribution in [3.8, 4) is 6.07 Å². The van der Waals surface area contributed by atoms with Gasteiger partial charge in [0.25, 0.3) is 0 Å². The Labute approximate surface area is 132 Å². The van der Waals surface area contributed by atoms with E-state index in [2.05, 4.69) is 23.5 Å². The Balaban J connectivity index is 1.94. The third-order valence-corrected chi connectivity index (χ3v) is 4.81. The van der Waals surface area contributed by atoms with Crippen LogP contribution in [0.5, 0.6) is 0 Å². The monoisotopic (exact) mass is 304 g/mol. The molecule has 0 spiro atoms. The van der Waals surface area contributed by atoms with Gasteiger partial charge >= 0.3 is 0 Å². The van der Waals surface area contributed by atoms with E-state index >= 15 is 0 Å². The van der Waals surface area contributed by atoms with Crippen molar-refractivity contribution >= 4 is 11.8 Å². The molecule has 21 heavy (non-hydrogen) atoms. The average Bonchev–Trinajstić information content (AvgIpc) is 3.34.